The normalized spacial score (nSPS) is 13.4. The van der Waals surface area contributed by atoms with Crippen molar-refractivity contribution in [2.75, 3.05) is 10.6 Å². The summed E-state index contributed by atoms with van der Waals surface area (Å²) < 4.78 is 5.44. The minimum atomic E-state index is 0.155. The Morgan fingerprint density at radius 1 is 0.405 bits per heavy atom. The van der Waals surface area contributed by atoms with Gasteiger partial charge in [-0.3, -0.25) is 15.6 Å². The van der Waals surface area contributed by atoms with Gasteiger partial charge in [0.2, 0.25) is 0 Å². The maximum absolute atomic E-state index is 5.44. The van der Waals surface area contributed by atoms with Crippen LogP contribution in [-0.4, -0.2) is 61.0 Å². The van der Waals surface area contributed by atoms with E-state index in [0.29, 0.717) is 22.1 Å². The largest absolute Gasteiger partial charge is 0.440 e. The molecule has 0 amide bonds. The number of hydrogen-bond acceptors (Lipinski definition) is 11. The highest BCUT2D eigenvalue weighted by molar-refractivity contribution is 8.03. The van der Waals surface area contributed by atoms with Gasteiger partial charge in [0.15, 0.2) is 11.6 Å². The van der Waals surface area contributed by atoms with Gasteiger partial charge in [-0.2, -0.15) is 15.3 Å². The van der Waals surface area contributed by atoms with Crippen molar-refractivity contribution >= 4 is 72.7 Å². The summed E-state index contributed by atoms with van der Waals surface area (Å²) in [5.41, 5.74) is 25.6. The zero-order valence-electron chi connectivity index (χ0n) is 72.0. The fraction of sp³-hybridized carbons (Fsp3) is 0.426. The van der Waals surface area contributed by atoms with E-state index in [4.69, 9.17) is 4.74 Å². The van der Waals surface area contributed by atoms with Gasteiger partial charge in [-0.05, 0) is 203 Å². The summed E-state index contributed by atoms with van der Waals surface area (Å²) in [7, 11) is 0. The number of H-pyrrole nitrogens is 6. The molecule has 0 bridgehead atoms. The number of rotatable bonds is 3. The minimum Gasteiger partial charge on any atom is -0.440 e. The molecule has 6 aromatic heterocycles. The number of hydrazone groups is 1. The van der Waals surface area contributed by atoms with Crippen LogP contribution in [0.4, 0.5) is 11.4 Å². The van der Waals surface area contributed by atoms with Crippen LogP contribution in [0.1, 0.15) is 245 Å². The molecule has 3 aliphatic heterocycles. The number of nitrogens with zero attached hydrogens (tertiary/aromatic N) is 6. The fourth-order valence-corrected chi connectivity index (χ4v) is 12.6. The van der Waals surface area contributed by atoms with E-state index in [1.165, 1.54) is 77.2 Å². The zero-order valence-corrected chi connectivity index (χ0v) is 72.9. The molecule has 111 heavy (non-hydrogen) atoms. The second kappa shape index (κ2) is 36.5. The van der Waals surface area contributed by atoms with Crippen molar-refractivity contribution in [3.05, 3.63) is 246 Å². The van der Waals surface area contributed by atoms with Crippen LogP contribution in [0.25, 0.3) is 43.9 Å². The van der Waals surface area contributed by atoms with Gasteiger partial charge in [0.1, 0.15) is 12.2 Å². The average molecular weight is 1520 g/mol. The third-order valence-electron chi connectivity index (χ3n) is 18.1. The summed E-state index contributed by atoms with van der Waals surface area (Å²) in [5, 5.41) is 27.5. The number of aromatic nitrogens is 11. The quantitative estimate of drug-likeness (QED) is 0.0815. The summed E-state index contributed by atoms with van der Waals surface area (Å²) >= 11 is 1.72. The zero-order chi connectivity index (χ0) is 82.3. The lowest BCUT2D eigenvalue weighted by Gasteiger charge is -2.19. The van der Waals surface area contributed by atoms with Gasteiger partial charge in [0, 0.05) is 64.5 Å². The highest BCUT2D eigenvalue weighted by Crippen LogP contribution is 2.42. The average Bonchev–Trinajstić information content (AvgIpc) is 0.865. The highest BCUT2D eigenvalue weighted by Gasteiger charge is 2.24. The number of thioether (sulfide) groups is 1. The standard InChI is InChI=1S/C12H15NO.C12H15NS.2C12H15N.2C11H14N2.C9H16N2.C8H14N2.C7H13N3/c2*1-8-13-10-6-5-9(12(2,3)4)7-11(10)14-8;2*1-12(2,3)10-4-5-11-9(8-10)6-7-13-11;2*1-11(2,3)8-4-5-9-10(6-8)13-7-12-9;1-7-5-8(11-10-7)6-9(2,3)4;1-8(2,3)6-7-4-5-9-10-7;1-7(2,3)4-6-8-5-9-10-6/h2*5-7,13H,1H2,2-4H3;2*4-8,13H,1-3H3;2*4-7H,1-3H3,(H,12,13);10H,1,5-6H2,2-4H3;4-5H,6H2,1-3H3,(H,9,10);5H,4H2,1-3H3,(H,8,9,10). The van der Waals surface area contributed by atoms with E-state index in [2.05, 4.69) is 398 Å². The molecule has 12 aromatic rings. The number of benzene rings is 6. The molecule has 0 spiro atoms. The van der Waals surface area contributed by atoms with Crippen molar-refractivity contribution < 1.29 is 4.74 Å². The number of anilines is 2. The first kappa shape index (κ1) is 88.3. The fourth-order valence-electron chi connectivity index (χ4n) is 11.8. The van der Waals surface area contributed by atoms with Gasteiger partial charge in [-0.15, -0.1) is 0 Å². The molecule has 16 nitrogen and oxygen atoms in total. The van der Waals surface area contributed by atoms with Crippen molar-refractivity contribution in [2.45, 2.75) is 250 Å². The van der Waals surface area contributed by atoms with Crippen LogP contribution in [0.5, 0.6) is 5.75 Å². The predicted molar refractivity (Wildman–Crippen MR) is 476 cm³/mol. The van der Waals surface area contributed by atoms with Gasteiger partial charge >= 0.3 is 0 Å². The summed E-state index contributed by atoms with van der Waals surface area (Å²) in [6.07, 6.45) is 14.8. The van der Waals surface area contributed by atoms with Gasteiger partial charge < -0.3 is 35.3 Å². The lowest BCUT2D eigenvalue weighted by atomic mass is 9.86. The molecule has 15 rings (SSSR count). The number of allylic oxidation sites excluding steroid dienone is 1. The Bertz CT molecular complexity index is 4530. The van der Waals surface area contributed by atoms with Crippen LogP contribution in [0, 0.1) is 16.2 Å². The van der Waals surface area contributed by atoms with Gasteiger partial charge in [-0.25, -0.2) is 15.0 Å². The van der Waals surface area contributed by atoms with Crippen LogP contribution in [0.2, 0.25) is 0 Å². The summed E-state index contributed by atoms with van der Waals surface area (Å²) in [5.74, 6) is 2.45. The van der Waals surface area contributed by atoms with Crippen LogP contribution >= 0.6 is 11.8 Å². The van der Waals surface area contributed by atoms with E-state index in [1.54, 1.807) is 36.9 Å². The lowest BCUT2D eigenvalue weighted by Crippen LogP contribution is -2.11. The Hall–Kier alpha value is -9.87. The van der Waals surface area contributed by atoms with E-state index in [-0.39, 0.29) is 32.5 Å². The Morgan fingerprint density at radius 3 is 1.27 bits per heavy atom. The highest BCUT2D eigenvalue weighted by atomic mass is 32.2. The third-order valence-corrected chi connectivity index (χ3v) is 19.0. The molecule has 0 unspecified atom stereocenters. The van der Waals surface area contributed by atoms with E-state index >= 15 is 0 Å². The van der Waals surface area contributed by atoms with Crippen molar-refractivity contribution in [3.63, 3.8) is 0 Å². The number of aromatic amines is 6. The van der Waals surface area contributed by atoms with Crippen LogP contribution < -0.4 is 20.8 Å². The van der Waals surface area contributed by atoms with Gasteiger partial charge in [0.25, 0.3) is 0 Å². The van der Waals surface area contributed by atoms with Crippen molar-refractivity contribution in [3.8, 4) is 5.75 Å². The molecule has 594 valence electrons. The Morgan fingerprint density at radius 2 is 0.847 bits per heavy atom. The number of fused-ring (bicyclic) bond motifs is 6. The first-order valence-electron chi connectivity index (χ1n) is 38.8. The first-order valence-corrected chi connectivity index (χ1v) is 39.6. The summed E-state index contributed by atoms with van der Waals surface area (Å²) in [6, 6.07) is 45.0. The predicted octanol–water partition coefficient (Wildman–Crippen LogP) is 25.6. The molecule has 0 fully saturated rings. The molecule has 0 saturated carbocycles. The number of ether oxygens (including phenoxy) is 1. The molecular weight excluding hydrogens is 1390 g/mol. The molecule has 0 aliphatic carbocycles. The summed E-state index contributed by atoms with van der Waals surface area (Å²) in [4.78, 5) is 26.3. The molecule has 9 N–H and O–H groups in total. The Kier molecular flexibility index (Phi) is 29.1. The number of imidazole rings is 2. The Labute approximate surface area is 668 Å². The minimum absolute atomic E-state index is 0.155. The molecule has 3 aliphatic rings. The van der Waals surface area contributed by atoms with Crippen LogP contribution in [-0.2, 0) is 45.3 Å². The molecule has 0 saturated heterocycles. The number of hydrogen-bond donors (Lipinski definition) is 9. The Balaban J connectivity index is 0.000000174. The second-order valence-corrected chi connectivity index (χ2v) is 40.0. The molecule has 6 aromatic carbocycles. The van der Waals surface area contributed by atoms with E-state index < -0.39 is 0 Å². The molecule has 0 radical (unpaired) electrons. The first-order chi connectivity index (χ1) is 51.3. The second-order valence-electron chi connectivity index (χ2n) is 38.8. The van der Waals surface area contributed by atoms with Crippen LogP contribution in [0.15, 0.2) is 211 Å². The third kappa shape index (κ3) is 29.1. The molecule has 0 atom stereocenters. The van der Waals surface area contributed by atoms with E-state index in [1.807, 2.05) is 24.5 Å². The maximum Gasteiger partial charge on any atom is 0.190 e. The lowest BCUT2D eigenvalue weighted by molar-refractivity contribution is 0.401. The SMILES string of the molecule is C=C1CC(CC(C)(C)C)=NN1.C=C1Nc2ccc(C(C)(C)C)cc2O1.C=C1Nc2ccc(C(C)(C)C)cc2S1.CC(C)(C)Cc1ccn[nH]1.CC(C)(C)Cc1ncn[nH]1.CC(C)(C)c1ccc2[nH]ccc2c1.CC(C)(C)c1ccc2[nH]ccc2c1.CC(C)(C)c1ccc2nc[nH]c2c1.CC(C)(C)c1ccc2nc[nH]c2c1. The topological polar surface area (TPSA) is 217 Å². The van der Waals surface area contributed by atoms with E-state index in [9.17, 15) is 0 Å². The molecular formula is C94H131N15OS. The van der Waals surface area contributed by atoms with E-state index in [0.717, 1.165) is 75.7 Å². The van der Waals surface area contributed by atoms with Crippen LogP contribution in [0.3, 0.4) is 0 Å². The monoisotopic (exact) mass is 1520 g/mol. The van der Waals surface area contributed by atoms with Crippen molar-refractivity contribution in [1.82, 2.24) is 60.7 Å². The summed E-state index contributed by atoms with van der Waals surface area (Å²) in [6.45, 7) is 71.2. The van der Waals surface area contributed by atoms with Gasteiger partial charge in [-0.1, -0.05) is 248 Å². The maximum atomic E-state index is 5.44. The molecule has 9 heterocycles. The van der Waals surface area contributed by atoms with Crippen molar-refractivity contribution in [2.24, 2.45) is 21.3 Å². The molecule has 17 heteroatoms. The van der Waals surface area contributed by atoms with Crippen molar-refractivity contribution in [1.29, 1.82) is 0 Å². The number of nitrogens with one attached hydrogen (secondary N) is 9. The smallest absolute Gasteiger partial charge is 0.190 e. The van der Waals surface area contributed by atoms with Gasteiger partial charge in [0.05, 0.1) is 51.1 Å².